The van der Waals surface area contributed by atoms with Crippen LogP contribution < -0.4 is 17.1 Å². The van der Waals surface area contributed by atoms with E-state index in [1.54, 1.807) is 0 Å². The average Bonchev–Trinajstić information content (AvgIpc) is 2.59. The lowest BCUT2D eigenvalue weighted by atomic mass is 10.1. The highest BCUT2D eigenvalue weighted by molar-refractivity contribution is 7.80. The van der Waals surface area contributed by atoms with Crippen molar-refractivity contribution >= 4 is 17.2 Å². The van der Waals surface area contributed by atoms with Crippen LogP contribution in [0.15, 0.2) is 9.59 Å². The third-order valence-corrected chi connectivity index (χ3v) is 3.14. The Morgan fingerprint density at radius 3 is 2.29 bits per heavy atom. The van der Waals surface area contributed by atoms with Crippen LogP contribution in [0.4, 0.5) is 0 Å². The van der Waals surface area contributed by atoms with E-state index in [1.807, 2.05) is 0 Å². The molecule has 17 heavy (non-hydrogen) atoms. The molecule has 2 heterocycles. The highest BCUT2D eigenvalue weighted by Gasteiger charge is 2.23. The Hall–Kier alpha value is -1.41. The van der Waals surface area contributed by atoms with Crippen molar-refractivity contribution in [3.05, 3.63) is 21.0 Å². The molecular weight excluding hydrogens is 242 g/mol. The topological polar surface area (TPSA) is 99.9 Å². The first-order valence-electron chi connectivity index (χ1n) is 5.48. The number of hydrogen-bond acceptors (Lipinski definition) is 4. The maximum Gasteiger partial charge on any atom is 0.344 e. The predicted molar refractivity (Wildman–Crippen MR) is 67.2 cm³/mol. The van der Waals surface area contributed by atoms with Gasteiger partial charge in [-0.15, -0.1) is 0 Å². The van der Waals surface area contributed by atoms with Gasteiger partial charge in [-0.2, -0.15) is 0 Å². The summed E-state index contributed by atoms with van der Waals surface area (Å²) in [7, 11) is 0. The van der Waals surface area contributed by atoms with Crippen molar-refractivity contribution < 1.29 is 0 Å². The van der Waals surface area contributed by atoms with Gasteiger partial charge in [0.2, 0.25) is 0 Å². The van der Waals surface area contributed by atoms with Crippen molar-refractivity contribution in [2.45, 2.75) is 18.9 Å². The van der Waals surface area contributed by atoms with Crippen LogP contribution >= 0.6 is 12.2 Å². The number of aromatic amines is 2. The van der Waals surface area contributed by atoms with Crippen LogP contribution in [0.5, 0.6) is 0 Å². The van der Waals surface area contributed by atoms with Crippen molar-refractivity contribution in [3.8, 4) is 0 Å². The summed E-state index contributed by atoms with van der Waals surface area (Å²) in [5.74, 6) is 0. The van der Waals surface area contributed by atoms with Crippen molar-refractivity contribution in [1.29, 1.82) is 0 Å². The molecule has 7 nitrogen and oxygen atoms in total. The van der Waals surface area contributed by atoms with E-state index in [2.05, 4.69) is 15.1 Å². The highest BCUT2D eigenvalue weighted by atomic mass is 32.1. The fourth-order valence-electron chi connectivity index (χ4n) is 2.21. The van der Waals surface area contributed by atoms with Crippen molar-refractivity contribution in [3.63, 3.8) is 0 Å². The molecule has 1 saturated heterocycles. The fourth-order valence-corrected chi connectivity index (χ4v) is 2.39. The van der Waals surface area contributed by atoms with Gasteiger partial charge in [0, 0.05) is 25.7 Å². The number of piperidine rings is 1. The quantitative estimate of drug-likeness (QED) is 0.590. The van der Waals surface area contributed by atoms with Gasteiger partial charge in [-0.05, 0) is 12.8 Å². The molecule has 0 atom stereocenters. The Labute approximate surface area is 103 Å². The molecule has 0 aromatic carbocycles. The van der Waals surface area contributed by atoms with Gasteiger partial charge in [-0.25, -0.2) is 24.4 Å². The van der Waals surface area contributed by atoms with Crippen LogP contribution in [0.25, 0.3) is 0 Å². The number of nitrogens with zero attached hydrogens (tertiary/aromatic N) is 2. The first-order chi connectivity index (χ1) is 8.08. The third kappa shape index (κ3) is 2.64. The van der Waals surface area contributed by atoms with E-state index in [1.165, 1.54) is 4.57 Å². The molecule has 1 aromatic rings. The summed E-state index contributed by atoms with van der Waals surface area (Å²) >= 11 is 4.85. The van der Waals surface area contributed by atoms with Crippen LogP contribution in [0.2, 0.25) is 0 Å². The number of thiocarbonyl (C=S) groups is 1. The van der Waals surface area contributed by atoms with Gasteiger partial charge >= 0.3 is 11.4 Å². The largest absolute Gasteiger partial charge is 0.392 e. The monoisotopic (exact) mass is 257 g/mol. The molecule has 0 spiro atoms. The lowest BCUT2D eigenvalue weighted by molar-refractivity contribution is 0.204. The first kappa shape index (κ1) is 12.1. The van der Waals surface area contributed by atoms with Gasteiger partial charge in [0.1, 0.15) is 0 Å². The van der Waals surface area contributed by atoms with Gasteiger partial charge in [-0.1, -0.05) is 12.2 Å². The molecule has 0 bridgehead atoms. The maximum atomic E-state index is 11.4. The average molecular weight is 257 g/mol. The molecule has 1 aliphatic heterocycles. The summed E-state index contributed by atoms with van der Waals surface area (Å²) in [6.07, 6.45) is 1.51. The van der Waals surface area contributed by atoms with Crippen molar-refractivity contribution in [1.82, 2.24) is 19.7 Å². The summed E-state index contributed by atoms with van der Waals surface area (Å²) < 4.78 is 1.25. The zero-order valence-electron chi connectivity index (χ0n) is 9.31. The molecule has 0 amide bonds. The minimum Gasteiger partial charge on any atom is -0.392 e. The van der Waals surface area contributed by atoms with Crippen molar-refractivity contribution in [2.24, 2.45) is 5.73 Å². The smallest absolute Gasteiger partial charge is 0.344 e. The molecule has 1 fully saturated rings. The summed E-state index contributed by atoms with van der Waals surface area (Å²) in [5, 5.41) is 4.59. The van der Waals surface area contributed by atoms with Crippen LogP contribution in [0, 0.1) is 0 Å². The Morgan fingerprint density at radius 2 is 1.82 bits per heavy atom. The zero-order valence-corrected chi connectivity index (χ0v) is 10.1. The molecule has 8 heteroatoms. The minimum atomic E-state index is -0.372. The zero-order chi connectivity index (χ0) is 12.4. The number of hydrogen-bond donors (Lipinski definition) is 3. The molecule has 1 aromatic heterocycles. The lowest BCUT2D eigenvalue weighted by Gasteiger charge is -2.31. The molecular formula is C9H15N5O2S. The standard InChI is InChI=1S/C9H15N5O2S/c10-7(17)5-13-3-1-6(2-4-13)14-8(15)11-12-9(14)16/h6H,1-5H2,(H2,10,17)(H,11,15)(H,12,16). The normalized spacial score (nSPS) is 18.4. The molecule has 4 N–H and O–H groups in total. The van der Waals surface area contributed by atoms with E-state index >= 15 is 0 Å². The first-order valence-corrected chi connectivity index (χ1v) is 5.88. The Bertz CT molecular complexity index is 480. The fraction of sp³-hybridized carbons (Fsp3) is 0.667. The van der Waals surface area contributed by atoms with Crippen LogP contribution in [0.3, 0.4) is 0 Å². The molecule has 0 saturated carbocycles. The molecule has 94 valence electrons. The van der Waals surface area contributed by atoms with Crippen LogP contribution in [-0.4, -0.2) is 44.3 Å². The Kier molecular flexibility index (Phi) is 3.43. The summed E-state index contributed by atoms with van der Waals surface area (Å²) in [6.45, 7) is 2.18. The second kappa shape index (κ2) is 4.84. The third-order valence-electron chi connectivity index (χ3n) is 3.02. The predicted octanol–water partition coefficient (Wildman–Crippen LogP) is -1.21. The Balaban J connectivity index is 2.02. The van der Waals surface area contributed by atoms with E-state index in [4.69, 9.17) is 18.0 Å². The van der Waals surface area contributed by atoms with Gasteiger partial charge in [-0.3, -0.25) is 4.90 Å². The molecule has 1 aliphatic rings. The van der Waals surface area contributed by atoms with E-state index in [0.29, 0.717) is 11.5 Å². The number of aromatic nitrogens is 3. The number of rotatable bonds is 3. The van der Waals surface area contributed by atoms with E-state index in [0.717, 1.165) is 25.9 Å². The van der Waals surface area contributed by atoms with Gasteiger partial charge in [0.05, 0.1) is 4.99 Å². The van der Waals surface area contributed by atoms with E-state index in [9.17, 15) is 9.59 Å². The van der Waals surface area contributed by atoms with Gasteiger partial charge < -0.3 is 5.73 Å². The van der Waals surface area contributed by atoms with E-state index in [-0.39, 0.29) is 17.4 Å². The number of nitrogens with one attached hydrogen (secondary N) is 2. The summed E-state index contributed by atoms with van der Waals surface area (Å²) in [5.41, 5.74) is 4.73. The number of likely N-dealkylation sites (tertiary alicyclic amines) is 1. The van der Waals surface area contributed by atoms with Crippen LogP contribution in [-0.2, 0) is 0 Å². The second-order valence-electron chi connectivity index (χ2n) is 4.20. The van der Waals surface area contributed by atoms with Crippen LogP contribution in [0.1, 0.15) is 18.9 Å². The Morgan fingerprint density at radius 1 is 1.29 bits per heavy atom. The SMILES string of the molecule is NC(=S)CN1CCC(n2c(=O)[nH][nH]c2=O)CC1. The van der Waals surface area contributed by atoms with Crippen molar-refractivity contribution in [2.75, 3.05) is 19.6 Å². The number of H-pyrrole nitrogens is 2. The highest BCUT2D eigenvalue weighted by Crippen LogP contribution is 2.19. The molecule has 0 radical (unpaired) electrons. The second-order valence-corrected chi connectivity index (χ2v) is 4.73. The summed E-state index contributed by atoms with van der Waals surface area (Å²) in [6, 6.07) is -0.0416. The maximum absolute atomic E-state index is 11.4. The van der Waals surface area contributed by atoms with Gasteiger partial charge in [0.25, 0.3) is 0 Å². The minimum absolute atomic E-state index is 0.0416. The molecule has 0 aliphatic carbocycles. The number of nitrogens with two attached hydrogens (primary N) is 1. The molecule has 0 unspecified atom stereocenters. The molecule has 2 rings (SSSR count). The summed E-state index contributed by atoms with van der Waals surface area (Å²) in [4.78, 5) is 25.4. The van der Waals surface area contributed by atoms with E-state index < -0.39 is 0 Å². The van der Waals surface area contributed by atoms with Gasteiger partial charge in [0.15, 0.2) is 0 Å². The lowest BCUT2D eigenvalue weighted by Crippen LogP contribution is -2.42.